The molecular formula is C27H28ClF3N2O5S. The lowest BCUT2D eigenvalue weighted by Crippen LogP contribution is -2.40. The van der Waals surface area contributed by atoms with Crippen LogP contribution in [0.2, 0.25) is 5.02 Å². The normalized spacial score (nSPS) is 18.4. The number of hydrogen-bond donors (Lipinski definition) is 3. The number of aromatic carboxylic acids is 1. The van der Waals surface area contributed by atoms with Gasteiger partial charge in [-0.25, -0.2) is 9.10 Å². The second-order valence-electron chi connectivity index (χ2n) is 9.66. The largest absolute Gasteiger partial charge is 0.573 e. The fourth-order valence-electron chi connectivity index (χ4n) is 4.68. The van der Waals surface area contributed by atoms with Crippen molar-refractivity contribution in [2.45, 2.75) is 37.6 Å². The zero-order valence-corrected chi connectivity index (χ0v) is 22.9. The first-order valence-corrected chi connectivity index (χ1v) is 13.9. The van der Waals surface area contributed by atoms with Crippen LogP contribution in [0.5, 0.6) is 5.75 Å². The van der Waals surface area contributed by atoms with Crippen molar-refractivity contribution in [2.24, 2.45) is 5.92 Å². The maximum absolute atomic E-state index is 12.8. The van der Waals surface area contributed by atoms with E-state index < -0.39 is 34.4 Å². The Labute approximate surface area is 230 Å². The second kappa shape index (κ2) is 10.9. The summed E-state index contributed by atoms with van der Waals surface area (Å²) in [6.45, 7) is 4.53. The monoisotopic (exact) mass is 584 g/mol. The molecule has 0 radical (unpaired) electrons. The second-order valence-corrected chi connectivity index (χ2v) is 12.1. The van der Waals surface area contributed by atoms with Crippen molar-refractivity contribution in [1.82, 2.24) is 4.31 Å². The minimum Gasteiger partial charge on any atom is -0.478 e. The van der Waals surface area contributed by atoms with E-state index >= 15 is 0 Å². The minimum atomic E-state index is -5.08. The molecule has 12 heteroatoms. The zero-order chi connectivity index (χ0) is 28.7. The molecule has 0 bridgehead atoms. The van der Waals surface area contributed by atoms with Gasteiger partial charge >= 0.3 is 12.3 Å². The van der Waals surface area contributed by atoms with Crippen LogP contribution in [0.4, 0.5) is 24.5 Å². The van der Waals surface area contributed by atoms with Gasteiger partial charge in [-0.15, -0.1) is 23.9 Å². The maximum Gasteiger partial charge on any atom is 0.573 e. The molecule has 39 heavy (non-hydrogen) atoms. The third-order valence-corrected chi connectivity index (χ3v) is 8.83. The summed E-state index contributed by atoms with van der Waals surface area (Å²) < 4.78 is 67.0. The molecule has 3 aromatic rings. The molecule has 1 atom stereocenters. The number of fused-ring (bicyclic) bond motifs is 1. The predicted molar refractivity (Wildman–Crippen MR) is 146 cm³/mol. The van der Waals surface area contributed by atoms with Crippen LogP contribution in [0.15, 0.2) is 65.6 Å². The van der Waals surface area contributed by atoms with Crippen molar-refractivity contribution >= 4 is 39.7 Å². The molecule has 0 spiro atoms. The highest BCUT2D eigenvalue weighted by molar-refractivity contribution is 8.22. The van der Waals surface area contributed by atoms with Gasteiger partial charge in [-0.2, -0.15) is 0 Å². The van der Waals surface area contributed by atoms with Crippen molar-refractivity contribution in [3.8, 4) is 16.9 Å². The molecule has 0 fully saturated rings. The van der Waals surface area contributed by atoms with Gasteiger partial charge in [0, 0.05) is 30.9 Å². The van der Waals surface area contributed by atoms with Crippen molar-refractivity contribution in [3.05, 3.63) is 71.2 Å². The molecule has 1 aliphatic heterocycles. The average Bonchev–Trinajstić information content (AvgIpc) is 2.92. The molecule has 210 valence electrons. The summed E-state index contributed by atoms with van der Waals surface area (Å²) in [6, 6.07) is 15.3. The Kier molecular flexibility index (Phi) is 8.11. The lowest BCUT2D eigenvalue weighted by atomic mass is 10.0. The Balaban J connectivity index is 1.91. The molecule has 0 aliphatic carbocycles. The SMILES string of the molecule is CC(C)CC1CN(c2ccccc2)c2cc(Cl)c(-c3ccc(OC(F)(F)F)c(C(=O)O)c3)cc2S(O)(O)N1C. The van der Waals surface area contributed by atoms with Crippen LogP contribution < -0.4 is 9.64 Å². The summed E-state index contributed by atoms with van der Waals surface area (Å²) in [5, 5.41) is 9.69. The fraction of sp³-hybridized carbons (Fsp3) is 0.296. The van der Waals surface area contributed by atoms with Gasteiger partial charge in [0.1, 0.15) is 11.3 Å². The molecule has 3 aromatic carbocycles. The quantitative estimate of drug-likeness (QED) is 0.269. The van der Waals surface area contributed by atoms with Crippen molar-refractivity contribution < 1.29 is 36.9 Å². The molecule has 3 N–H and O–H groups in total. The standard InChI is InChI=1S/C27H28ClF3N2O5S/c1-16(2)11-19-15-33(18-7-5-4-6-8-18)23-14-22(28)20(13-25(23)39(36,37)32(19)3)17-9-10-24(38-27(29,30)31)21(12-17)26(34)35/h4-10,12-14,16,19,36-37H,11,15H2,1-3H3,(H,34,35). The highest BCUT2D eigenvalue weighted by atomic mass is 35.5. The number of ether oxygens (including phenoxy) is 1. The molecule has 1 unspecified atom stereocenters. The van der Waals surface area contributed by atoms with Crippen LogP contribution in [0.3, 0.4) is 0 Å². The summed E-state index contributed by atoms with van der Waals surface area (Å²) >= 11 is 6.68. The first-order valence-electron chi connectivity index (χ1n) is 12.0. The van der Waals surface area contributed by atoms with Gasteiger partial charge in [-0.3, -0.25) is 9.11 Å². The van der Waals surface area contributed by atoms with E-state index in [9.17, 15) is 32.2 Å². The topological polar surface area (TPSA) is 93.5 Å². The van der Waals surface area contributed by atoms with Crippen LogP contribution >= 0.6 is 22.4 Å². The van der Waals surface area contributed by atoms with Crippen LogP contribution in [-0.4, -0.2) is 50.5 Å². The molecular weight excluding hydrogens is 557 g/mol. The van der Waals surface area contributed by atoms with E-state index in [4.69, 9.17) is 11.6 Å². The molecule has 0 saturated heterocycles. The predicted octanol–water partition coefficient (Wildman–Crippen LogP) is 8.13. The number of halogens is 4. The average molecular weight is 585 g/mol. The van der Waals surface area contributed by atoms with Gasteiger partial charge in [-0.05, 0) is 54.3 Å². The molecule has 0 saturated carbocycles. The van der Waals surface area contributed by atoms with E-state index in [1.165, 1.54) is 12.1 Å². The molecule has 0 aromatic heterocycles. The smallest absolute Gasteiger partial charge is 0.478 e. The fourth-order valence-corrected chi connectivity index (χ4v) is 6.55. The van der Waals surface area contributed by atoms with Gasteiger partial charge in [0.25, 0.3) is 0 Å². The van der Waals surface area contributed by atoms with E-state index in [2.05, 4.69) is 4.74 Å². The van der Waals surface area contributed by atoms with Crippen molar-refractivity contribution in [2.75, 3.05) is 18.5 Å². The first kappa shape index (κ1) is 29.0. The van der Waals surface area contributed by atoms with Crippen LogP contribution in [-0.2, 0) is 0 Å². The number of hydrogen-bond acceptors (Lipinski definition) is 6. The van der Waals surface area contributed by atoms with Gasteiger partial charge in [0.05, 0.1) is 15.6 Å². The van der Waals surface area contributed by atoms with Crippen molar-refractivity contribution in [1.29, 1.82) is 0 Å². The van der Waals surface area contributed by atoms with E-state index in [-0.39, 0.29) is 33.0 Å². The zero-order valence-electron chi connectivity index (χ0n) is 21.3. The number of nitrogens with zero attached hydrogens (tertiary/aromatic N) is 2. The van der Waals surface area contributed by atoms with E-state index in [0.29, 0.717) is 18.7 Å². The van der Waals surface area contributed by atoms with E-state index in [1.807, 2.05) is 49.1 Å². The molecule has 7 nitrogen and oxygen atoms in total. The lowest BCUT2D eigenvalue weighted by Gasteiger charge is -2.43. The van der Waals surface area contributed by atoms with Crippen LogP contribution in [0, 0.1) is 5.92 Å². The summed E-state index contributed by atoms with van der Waals surface area (Å²) in [6.07, 6.45) is -4.41. The number of rotatable bonds is 6. The van der Waals surface area contributed by atoms with E-state index in [0.717, 1.165) is 17.8 Å². The van der Waals surface area contributed by atoms with E-state index in [1.54, 1.807) is 17.4 Å². The van der Waals surface area contributed by atoms with Crippen LogP contribution in [0.25, 0.3) is 11.1 Å². The van der Waals surface area contributed by atoms with Crippen LogP contribution in [0.1, 0.15) is 30.6 Å². The van der Waals surface area contributed by atoms with Crippen molar-refractivity contribution in [3.63, 3.8) is 0 Å². The number of carboxylic acid groups (broad SMARTS) is 1. The molecule has 4 rings (SSSR count). The number of alkyl halides is 3. The maximum atomic E-state index is 12.8. The van der Waals surface area contributed by atoms with Gasteiger partial charge < -0.3 is 14.7 Å². The summed E-state index contributed by atoms with van der Waals surface area (Å²) in [5.41, 5.74) is 0.941. The first-order chi connectivity index (χ1) is 18.2. The minimum absolute atomic E-state index is 0.149. The Morgan fingerprint density at radius 1 is 1.13 bits per heavy atom. The van der Waals surface area contributed by atoms with Gasteiger partial charge in [0.15, 0.2) is 0 Å². The number of carboxylic acids is 1. The summed E-state index contributed by atoms with van der Waals surface area (Å²) in [7, 11) is -1.92. The Morgan fingerprint density at radius 2 is 1.79 bits per heavy atom. The number of anilines is 2. The summed E-state index contributed by atoms with van der Waals surface area (Å²) in [4.78, 5) is 13.9. The highest BCUT2D eigenvalue weighted by Gasteiger charge is 2.38. The third kappa shape index (κ3) is 6.12. The van der Waals surface area contributed by atoms with Gasteiger partial charge in [-0.1, -0.05) is 49.7 Å². The Hall–Kier alpha value is -2.96. The highest BCUT2D eigenvalue weighted by Crippen LogP contribution is 2.60. The Bertz CT molecular complexity index is 1370. The number of benzene rings is 3. The molecule has 0 amide bonds. The van der Waals surface area contributed by atoms with Gasteiger partial charge in [0.2, 0.25) is 0 Å². The number of para-hydroxylation sites is 1. The molecule has 1 heterocycles. The number of carbonyl (C=O) groups is 1. The third-order valence-electron chi connectivity index (χ3n) is 6.50. The summed E-state index contributed by atoms with van der Waals surface area (Å²) in [5.74, 6) is -2.24. The Morgan fingerprint density at radius 3 is 2.38 bits per heavy atom. The lowest BCUT2D eigenvalue weighted by molar-refractivity contribution is -0.274. The number of likely N-dealkylation sites (N-methyl/N-ethyl adjacent to an activating group) is 1. The molecule has 1 aliphatic rings.